The van der Waals surface area contributed by atoms with Crippen LogP contribution in [0.5, 0.6) is 0 Å². The molecule has 3 aromatic rings. The van der Waals surface area contributed by atoms with Crippen LogP contribution in [0, 0.1) is 6.92 Å². The quantitative estimate of drug-likeness (QED) is 0.614. The number of nitrogens with zero attached hydrogens (tertiary/aromatic N) is 2. The molecule has 128 valence electrons. The summed E-state index contributed by atoms with van der Waals surface area (Å²) in [6.07, 6.45) is 1.50. The lowest BCUT2D eigenvalue weighted by Crippen LogP contribution is -2.05. The predicted molar refractivity (Wildman–Crippen MR) is 105 cm³/mol. The van der Waals surface area contributed by atoms with Crippen molar-refractivity contribution in [1.82, 2.24) is 9.97 Å². The van der Waals surface area contributed by atoms with Crippen LogP contribution in [-0.4, -0.2) is 9.97 Å². The van der Waals surface area contributed by atoms with Crippen molar-refractivity contribution in [1.29, 1.82) is 0 Å². The van der Waals surface area contributed by atoms with Gasteiger partial charge in [0.25, 0.3) is 0 Å². The molecule has 4 N–H and O–H groups in total. The smallest absolute Gasteiger partial charge is 0.159 e. The molecule has 0 aliphatic heterocycles. The van der Waals surface area contributed by atoms with Gasteiger partial charge in [-0.05, 0) is 48.2 Å². The number of aromatic nitrogens is 2. The Morgan fingerprint density at radius 3 is 2.12 bits per heavy atom. The summed E-state index contributed by atoms with van der Waals surface area (Å²) in [5, 5.41) is 6.51. The van der Waals surface area contributed by atoms with E-state index >= 15 is 0 Å². The van der Waals surface area contributed by atoms with Gasteiger partial charge in [0.1, 0.15) is 12.0 Å². The standard InChI is InChI=1S/C20H23N5/c1-13(2)15-7-9-16(10-8-15)24-19-18(21)20(23-12-22-19)25-17-6-4-5-14(3)11-17/h4-13H,21H2,1-3H3,(H2,22,23,24,25). The maximum Gasteiger partial charge on any atom is 0.159 e. The van der Waals surface area contributed by atoms with E-state index < -0.39 is 0 Å². The lowest BCUT2D eigenvalue weighted by Gasteiger charge is -2.13. The number of benzene rings is 2. The fourth-order valence-electron chi connectivity index (χ4n) is 2.54. The maximum atomic E-state index is 6.25. The van der Waals surface area contributed by atoms with Gasteiger partial charge in [0.15, 0.2) is 11.6 Å². The average molecular weight is 333 g/mol. The van der Waals surface area contributed by atoms with Crippen LogP contribution < -0.4 is 16.4 Å². The Balaban J connectivity index is 1.81. The lowest BCUT2D eigenvalue weighted by atomic mass is 10.0. The molecule has 0 saturated heterocycles. The molecule has 5 heteroatoms. The summed E-state index contributed by atoms with van der Waals surface area (Å²) in [5.74, 6) is 1.67. The van der Waals surface area contributed by atoms with Crippen LogP contribution in [0.3, 0.4) is 0 Å². The van der Waals surface area contributed by atoms with Crippen molar-refractivity contribution < 1.29 is 0 Å². The van der Waals surface area contributed by atoms with Crippen LogP contribution in [0.2, 0.25) is 0 Å². The maximum absolute atomic E-state index is 6.25. The Labute approximate surface area is 148 Å². The van der Waals surface area contributed by atoms with Gasteiger partial charge < -0.3 is 16.4 Å². The zero-order chi connectivity index (χ0) is 17.8. The van der Waals surface area contributed by atoms with E-state index in [1.807, 2.05) is 43.3 Å². The molecule has 0 aliphatic rings. The van der Waals surface area contributed by atoms with Gasteiger partial charge in [0.2, 0.25) is 0 Å². The topological polar surface area (TPSA) is 75.9 Å². The number of anilines is 5. The zero-order valence-corrected chi connectivity index (χ0v) is 14.7. The van der Waals surface area contributed by atoms with Crippen LogP contribution in [-0.2, 0) is 0 Å². The lowest BCUT2D eigenvalue weighted by molar-refractivity contribution is 0.867. The Morgan fingerprint density at radius 2 is 1.52 bits per heavy atom. The van der Waals surface area contributed by atoms with E-state index in [1.54, 1.807) is 0 Å². The Hall–Kier alpha value is -3.08. The van der Waals surface area contributed by atoms with Crippen molar-refractivity contribution in [3.05, 3.63) is 66.0 Å². The highest BCUT2D eigenvalue weighted by Gasteiger charge is 2.09. The normalized spacial score (nSPS) is 10.7. The molecule has 5 nitrogen and oxygen atoms in total. The molecular weight excluding hydrogens is 310 g/mol. The summed E-state index contributed by atoms with van der Waals surface area (Å²) in [7, 11) is 0. The number of rotatable bonds is 5. The number of nitrogen functional groups attached to an aromatic ring is 1. The molecule has 0 radical (unpaired) electrons. The summed E-state index contributed by atoms with van der Waals surface area (Å²) >= 11 is 0. The third kappa shape index (κ3) is 4.07. The van der Waals surface area contributed by atoms with Crippen molar-refractivity contribution in [2.45, 2.75) is 26.7 Å². The largest absolute Gasteiger partial charge is 0.393 e. The molecule has 2 aromatic carbocycles. The van der Waals surface area contributed by atoms with Gasteiger partial charge in [-0.25, -0.2) is 9.97 Å². The minimum atomic E-state index is 0.483. The van der Waals surface area contributed by atoms with Gasteiger partial charge in [-0.15, -0.1) is 0 Å². The van der Waals surface area contributed by atoms with Crippen LogP contribution in [0.15, 0.2) is 54.9 Å². The fourth-order valence-corrected chi connectivity index (χ4v) is 2.54. The van der Waals surface area contributed by atoms with Gasteiger partial charge >= 0.3 is 0 Å². The van der Waals surface area contributed by atoms with Crippen LogP contribution in [0.1, 0.15) is 30.9 Å². The summed E-state index contributed by atoms with van der Waals surface area (Å²) in [5.41, 5.74) is 11.1. The predicted octanol–water partition coefficient (Wildman–Crippen LogP) is 4.98. The Bertz CT molecular complexity index is 856. The van der Waals surface area contributed by atoms with Crippen molar-refractivity contribution in [3.8, 4) is 0 Å². The molecule has 3 rings (SSSR count). The van der Waals surface area contributed by atoms with E-state index in [0.29, 0.717) is 23.2 Å². The van der Waals surface area contributed by atoms with E-state index in [-0.39, 0.29) is 0 Å². The van der Waals surface area contributed by atoms with Crippen molar-refractivity contribution in [2.24, 2.45) is 0 Å². The third-order valence-electron chi connectivity index (χ3n) is 4.00. The monoisotopic (exact) mass is 333 g/mol. The molecule has 1 heterocycles. The molecular formula is C20H23N5. The highest BCUT2D eigenvalue weighted by molar-refractivity contribution is 5.80. The SMILES string of the molecule is Cc1cccc(Nc2ncnc(Nc3ccc(C(C)C)cc3)c2N)c1. The van der Waals surface area contributed by atoms with E-state index in [0.717, 1.165) is 11.4 Å². The molecule has 0 spiro atoms. The Kier molecular flexibility index (Phi) is 4.84. The molecule has 0 unspecified atom stereocenters. The molecule has 25 heavy (non-hydrogen) atoms. The first-order valence-corrected chi connectivity index (χ1v) is 8.34. The molecule has 0 bridgehead atoms. The molecule has 0 saturated carbocycles. The molecule has 0 fully saturated rings. The van der Waals surface area contributed by atoms with Gasteiger partial charge in [0, 0.05) is 11.4 Å². The molecule has 0 aliphatic carbocycles. The molecule has 0 amide bonds. The first-order valence-electron chi connectivity index (χ1n) is 8.34. The van der Waals surface area contributed by atoms with Gasteiger partial charge in [0.05, 0.1) is 0 Å². The minimum Gasteiger partial charge on any atom is -0.393 e. The second-order valence-corrected chi connectivity index (χ2v) is 6.38. The van der Waals surface area contributed by atoms with E-state index in [9.17, 15) is 0 Å². The molecule has 1 aromatic heterocycles. The first kappa shape index (κ1) is 16.8. The summed E-state index contributed by atoms with van der Waals surface area (Å²) < 4.78 is 0. The number of aryl methyl sites for hydroxylation is 1. The fraction of sp³-hybridized carbons (Fsp3) is 0.200. The van der Waals surface area contributed by atoms with Crippen LogP contribution in [0.4, 0.5) is 28.7 Å². The van der Waals surface area contributed by atoms with Crippen molar-refractivity contribution in [3.63, 3.8) is 0 Å². The minimum absolute atomic E-state index is 0.483. The van der Waals surface area contributed by atoms with Gasteiger partial charge in [-0.1, -0.05) is 38.1 Å². The first-order chi connectivity index (χ1) is 12.0. The van der Waals surface area contributed by atoms with Gasteiger partial charge in [-0.2, -0.15) is 0 Å². The summed E-state index contributed by atoms with van der Waals surface area (Å²) in [6.45, 7) is 6.39. The number of nitrogens with two attached hydrogens (primary N) is 1. The number of hydrogen-bond donors (Lipinski definition) is 3. The molecule has 0 atom stereocenters. The van der Waals surface area contributed by atoms with Crippen molar-refractivity contribution in [2.75, 3.05) is 16.4 Å². The van der Waals surface area contributed by atoms with E-state index in [4.69, 9.17) is 5.73 Å². The zero-order valence-electron chi connectivity index (χ0n) is 14.7. The average Bonchev–Trinajstić information content (AvgIpc) is 2.59. The summed E-state index contributed by atoms with van der Waals surface area (Å²) in [6, 6.07) is 16.3. The van der Waals surface area contributed by atoms with E-state index in [2.05, 4.69) is 46.6 Å². The van der Waals surface area contributed by atoms with Crippen LogP contribution >= 0.6 is 0 Å². The van der Waals surface area contributed by atoms with E-state index in [1.165, 1.54) is 17.5 Å². The van der Waals surface area contributed by atoms with Crippen molar-refractivity contribution >= 4 is 28.7 Å². The highest BCUT2D eigenvalue weighted by Crippen LogP contribution is 2.28. The second-order valence-electron chi connectivity index (χ2n) is 6.38. The number of hydrogen-bond acceptors (Lipinski definition) is 5. The highest BCUT2D eigenvalue weighted by atomic mass is 15.1. The Morgan fingerprint density at radius 1 is 0.880 bits per heavy atom. The second kappa shape index (κ2) is 7.21. The third-order valence-corrected chi connectivity index (χ3v) is 4.00. The van der Waals surface area contributed by atoms with Gasteiger partial charge in [-0.3, -0.25) is 0 Å². The van der Waals surface area contributed by atoms with Crippen LogP contribution in [0.25, 0.3) is 0 Å². The summed E-state index contributed by atoms with van der Waals surface area (Å²) in [4.78, 5) is 8.52. The number of nitrogens with one attached hydrogen (secondary N) is 2.